The summed E-state index contributed by atoms with van der Waals surface area (Å²) in [6, 6.07) is 16.9. The molecule has 0 N–H and O–H groups in total. The van der Waals surface area contributed by atoms with E-state index in [1.165, 1.54) is 16.7 Å². The molecule has 2 aromatic carbocycles. The molecular formula is C15H14O. The lowest BCUT2D eigenvalue weighted by Crippen LogP contribution is -2.05. The maximum Gasteiger partial charge on any atom is 0.127 e. The monoisotopic (exact) mass is 210 g/mol. The molecule has 0 saturated carbocycles. The summed E-state index contributed by atoms with van der Waals surface area (Å²) in [5, 5.41) is 0. The Morgan fingerprint density at radius 3 is 2.50 bits per heavy atom. The van der Waals surface area contributed by atoms with Crippen molar-refractivity contribution in [3.05, 3.63) is 54.1 Å². The van der Waals surface area contributed by atoms with Crippen molar-refractivity contribution in [1.29, 1.82) is 0 Å². The lowest BCUT2D eigenvalue weighted by molar-refractivity contribution is 0.310. The molecule has 1 aliphatic rings. The van der Waals surface area contributed by atoms with Gasteiger partial charge in [-0.1, -0.05) is 42.5 Å². The first-order chi connectivity index (χ1) is 7.95. The minimum Gasteiger partial charge on any atom is -0.493 e. The highest BCUT2D eigenvalue weighted by Gasteiger charge is 2.12. The summed E-state index contributed by atoms with van der Waals surface area (Å²) < 4.78 is 5.79. The summed E-state index contributed by atoms with van der Waals surface area (Å²) in [6.07, 6.45) is 2.19. The zero-order valence-corrected chi connectivity index (χ0v) is 9.15. The highest BCUT2D eigenvalue weighted by atomic mass is 16.5. The summed E-state index contributed by atoms with van der Waals surface area (Å²) in [4.78, 5) is 0. The molecule has 3 rings (SSSR count). The standard InChI is InChI=1S/C15H14O/c1-2-8-13-12(6-1)7-5-11-16-15-10-4-3-9-14(13)15/h1-4,6,8-10H,5,7,11H2. The summed E-state index contributed by atoms with van der Waals surface area (Å²) in [7, 11) is 0. The van der Waals surface area contributed by atoms with Gasteiger partial charge in [-0.15, -0.1) is 0 Å². The molecule has 0 spiro atoms. The van der Waals surface area contributed by atoms with Crippen LogP contribution < -0.4 is 4.74 Å². The average molecular weight is 210 g/mol. The van der Waals surface area contributed by atoms with Gasteiger partial charge in [0, 0.05) is 5.56 Å². The zero-order chi connectivity index (χ0) is 10.8. The average Bonchev–Trinajstić information content (AvgIpc) is 2.33. The van der Waals surface area contributed by atoms with Gasteiger partial charge >= 0.3 is 0 Å². The van der Waals surface area contributed by atoms with E-state index >= 15 is 0 Å². The van der Waals surface area contributed by atoms with Crippen molar-refractivity contribution < 1.29 is 4.74 Å². The molecule has 0 radical (unpaired) electrons. The number of aryl methyl sites for hydroxylation is 1. The number of fused-ring (bicyclic) bond motifs is 3. The first-order valence-electron chi connectivity index (χ1n) is 5.75. The fraction of sp³-hybridized carbons (Fsp3) is 0.200. The van der Waals surface area contributed by atoms with E-state index in [-0.39, 0.29) is 0 Å². The van der Waals surface area contributed by atoms with Gasteiger partial charge in [-0.3, -0.25) is 0 Å². The molecule has 0 atom stereocenters. The number of rotatable bonds is 0. The van der Waals surface area contributed by atoms with Gasteiger partial charge in [0.1, 0.15) is 5.75 Å². The van der Waals surface area contributed by atoms with Crippen molar-refractivity contribution in [3.8, 4) is 16.9 Å². The Balaban J connectivity index is 2.22. The van der Waals surface area contributed by atoms with Gasteiger partial charge in [-0.25, -0.2) is 0 Å². The number of para-hydroxylation sites is 1. The minimum absolute atomic E-state index is 0.811. The molecule has 80 valence electrons. The van der Waals surface area contributed by atoms with Crippen molar-refractivity contribution in [1.82, 2.24) is 0 Å². The van der Waals surface area contributed by atoms with Crippen molar-refractivity contribution in [2.75, 3.05) is 6.61 Å². The maximum atomic E-state index is 5.79. The molecule has 0 unspecified atom stereocenters. The SMILES string of the molecule is c1ccc2c(c1)CCCOc1ccccc1-2. The van der Waals surface area contributed by atoms with E-state index in [9.17, 15) is 0 Å². The Morgan fingerprint density at radius 2 is 1.56 bits per heavy atom. The number of hydrogen-bond donors (Lipinski definition) is 0. The van der Waals surface area contributed by atoms with Gasteiger partial charge in [0.05, 0.1) is 6.61 Å². The van der Waals surface area contributed by atoms with Crippen LogP contribution in [-0.2, 0) is 6.42 Å². The normalized spacial score (nSPS) is 14.0. The number of ether oxygens (including phenoxy) is 1. The Morgan fingerprint density at radius 1 is 0.812 bits per heavy atom. The fourth-order valence-electron chi connectivity index (χ4n) is 2.26. The van der Waals surface area contributed by atoms with Gasteiger partial charge in [0.25, 0.3) is 0 Å². The van der Waals surface area contributed by atoms with Crippen molar-refractivity contribution in [2.24, 2.45) is 0 Å². The summed E-state index contributed by atoms with van der Waals surface area (Å²) in [6.45, 7) is 0.811. The molecule has 1 nitrogen and oxygen atoms in total. The molecule has 0 amide bonds. The first-order valence-corrected chi connectivity index (χ1v) is 5.75. The second kappa shape index (κ2) is 4.01. The maximum absolute atomic E-state index is 5.79. The molecule has 1 aliphatic heterocycles. The van der Waals surface area contributed by atoms with Gasteiger partial charge in [-0.05, 0) is 30.0 Å². The molecule has 2 aromatic rings. The van der Waals surface area contributed by atoms with Crippen LogP contribution in [0.4, 0.5) is 0 Å². The van der Waals surface area contributed by atoms with E-state index in [1.54, 1.807) is 0 Å². The summed E-state index contributed by atoms with van der Waals surface area (Å²) >= 11 is 0. The molecule has 0 aliphatic carbocycles. The van der Waals surface area contributed by atoms with Crippen LogP contribution in [0.15, 0.2) is 48.5 Å². The molecule has 0 bridgehead atoms. The van der Waals surface area contributed by atoms with Crippen LogP contribution >= 0.6 is 0 Å². The Kier molecular flexibility index (Phi) is 2.37. The Bertz CT molecular complexity index is 455. The third-order valence-electron chi connectivity index (χ3n) is 3.04. The molecule has 1 heterocycles. The van der Waals surface area contributed by atoms with E-state index in [0.717, 1.165) is 25.2 Å². The Hall–Kier alpha value is -1.76. The van der Waals surface area contributed by atoms with Crippen LogP contribution in [0.5, 0.6) is 5.75 Å². The fourth-order valence-corrected chi connectivity index (χ4v) is 2.26. The van der Waals surface area contributed by atoms with E-state index < -0.39 is 0 Å². The highest BCUT2D eigenvalue weighted by molar-refractivity contribution is 5.73. The van der Waals surface area contributed by atoms with Crippen LogP contribution in [0, 0.1) is 0 Å². The first kappa shape index (κ1) is 9.46. The van der Waals surface area contributed by atoms with E-state index in [0.29, 0.717) is 0 Å². The largest absolute Gasteiger partial charge is 0.493 e. The lowest BCUT2D eigenvalue weighted by Gasteiger charge is -2.18. The molecule has 0 saturated heterocycles. The van der Waals surface area contributed by atoms with Gasteiger partial charge in [0.2, 0.25) is 0 Å². The van der Waals surface area contributed by atoms with Gasteiger partial charge in [0.15, 0.2) is 0 Å². The third-order valence-corrected chi connectivity index (χ3v) is 3.04. The zero-order valence-electron chi connectivity index (χ0n) is 9.15. The van der Waals surface area contributed by atoms with Crippen molar-refractivity contribution in [2.45, 2.75) is 12.8 Å². The van der Waals surface area contributed by atoms with Crippen LogP contribution in [0.3, 0.4) is 0 Å². The molecular weight excluding hydrogens is 196 g/mol. The second-order valence-corrected chi connectivity index (χ2v) is 4.11. The second-order valence-electron chi connectivity index (χ2n) is 4.11. The predicted molar refractivity (Wildman–Crippen MR) is 65.7 cm³/mol. The Labute approximate surface area is 95.7 Å². The molecule has 1 heteroatoms. The summed E-state index contributed by atoms with van der Waals surface area (Å²) in [5.74, 6) is 1.01. The molecule has 0 fully saturated rings. The number of hydrogen-bond acceptors (Lipinski definition) is 1. The predicted octanol–water partition coefficient (Wildman–Crippen LogP) is 3.68. The quantitative estimate of drug-likeness (QED) is 0.644. The lowest BCUT2D eigenvalue weighted by atomic mass is 9.95. The van der Waals surface area contributed by atoms with Gasteiger partial charge < -0.3 is 4.74 Å². The van der Waals surface area contributed by atoms with E-state index in [4.69, 9.17) is 4.74 Å². The van der Waals surface area contributed by atoms with Crippen LogP contribution in [0.1, 0.15) is 12.0 Å². The van der Waals surface area contributed by atoms with Crippen LogP contribution in [0.25, 0.3) is 11.1 Å². The van der Waals surface area contributed by atoms with Gasteiger partial charge in [-0.2, -0.15) is 0 Å². The van der Waals surface area contributed by atoms with Crippen LogP contribution in [0.2, 0.25) is 0 Å². The molecule has 16 heavy (non-hydrogen) atoms. The highest BCUT2D eigenvalue weighted by Crippen LogP contribution is 2.34. The smallest absolute Gasteiger partial charge is 0.127 e. The van der Waals surface area contributed by atoms with E-state index in [1.807, 2.05) is 6.07 Å². The molecule has 0 aromatic heterocycles. The number of benzene rings is 2. The summed E-state index contributed by atoms with van der Waals surface area (Å²) in [5.41, 5.74) is 3.97. The minimum atomic E-state index is 0.811. The van der Waals surface area contributed by atoms with Crippen molar-refractivity contribution in [3.63, 3.8) is 0 Å². The third kappa shape index (κ3) is 1.58. The van der Waals surface area contributed by atoms with Crippen LogP contribution in [-0.4, -0.2) is 6.61 Å². The topological polar surface area (TPSA) is 9.23 Å². The van der Waals surface area contributed by atoms with Crippen molar-refractivity contribution >= 4 is 0 Å². The van der Waals surface area contributed by atoms with E-state index in [2.05, 4.69) is 42.5 Å².